The van der Waals surface area contributed by atoms with E-state index in [2.05, 4.69) is 27.9 Å². The quantitative estimate of drug-likeness (QED) is 0.823. The van der Waals surface area contributed by atoms with E-state index in [9.17, 15) is 0 Å². The van der Waals surface area contributed by atoms with Gasteiger partial charge < -0.3 is 15.4 Å². The lowest BCUT2D eigenvalue weighted by atomic mass is 10.3. The molecule has 2 aromatic heterocycles. The summed E-state index contributed by atoms with van der Waals surface area (Å²) >= 11 is 1.69. The highest BCUT2D eigenvalue weighted by molar-refractivity contribution is 7.18. The van der Waals surface area contributed by atoms with Crippen LogP contribution < -0.4 is 10.6 Å². The molecule has 0 atom stereocenters. The normalized spacial score (nSPS) is 11.1. The van der Waals surface area contributed by atoms with Crippen LogP contribution in [0.15, 0.2) is 6.07 Å². The highest BCUT2D eigenvalue weighted by Crippen LogP contribution is 2.31. The van der Waals surface area contributed by atoms with E-state index in [-0.39, 0.29) is 0 Å². The van der Waals surface area contributed by atoms with Gasteiger partial charge in [-0.25, -0.2) is 4.98 Å². The Morgan fingerprint density at radius 1 is 1.42 bits per heavy atom. The number of fused-ring (bicyclic) bond motifs is 1. The van der Waals surface area contributed by atoms with Crippen LogP contribution in [0.1, 0.15) is 18.2 Å². The average molecular weight is 280 g/mol. The molecular weight excluding hydrogens is 260 g/mol. The Morgan fingerprint density at radius 3 is 2.89 bits per heavy atom. The van der Waals surface area contributed by atoms with E-state index in [1.165, 1.54) is 4.88 Å². The van der Waals surface area contributed by atoms with E-state index in [0.717, 1.165) is 42.0 Å². The zero-order chi connectivity index (χ0) is 13.8. The molecule has 2 N–H and O–H groups in total. The summed E-state index contributed by atoms with van der Waals surface area (Å²) < 4.78 is 5.08. The fourth-order valence-electron chi connectivity index (χ4n) is 1.99. The molecule has 0 aliphatic heterocycles. The van der Waals surface area contributed by atoms with Crippen LogP contribution >= 0.6 is 11.3 Å². The fraction of sp³-hybridized carbons (Fsp3) is 0.538. The molecule has 0 aliphatic rings. The number of anilines is 2. The number of hydrogen-bond donors (Lipinski definition) is 1. The zero-order valence-electron chi connectivity index (χ0n) is 11.6. The molecule has 6 heteroatoms. The van der Waals surface area contributed by atoms with Gasteiger partial charge in [0.2, 0.25) is 5.95 Å². The number of thiophene rings is 1. The van der Waals surface area contributed by atoms with Crippen molar-refractivity contribution in [3.63, 3.8) is 0 Å². The predicted octanol–water partition coefficient (Wildman–Crippen LogP) is 2.31. The molecule has 0 amide bonds. The lowest BCUT2D eigenvalue weighted by molar-refractivity contribution is 0.196. The SMILES string of the molecule is CCc1cc2c(N(C)CCCOC)nc(N)nc2s1. The van der Waals surface area contributed by atoms with E-state index in [4.69, 9.17) is 10.5 Å². The largest absolute Gasteiger partial charge is 0.385 e. The number of nitrogens with two attached hydrogens (primary N) is 1. The van der Waals surface area contributed by atoms with Gasteiger partial charge in [0.25, 0.3) is 0 Å². The first-order valence-electron chi connectivity index (χ1n) is 6.41. The smallest absolute Gasteiger partial charge is 0.223 e. The molecule has 0 aliphatic carbocycles. The van der Waals surface area contributed by atoms with Crippen LogP contribution in [0.4, 0.5) is 11.8 Å². The van der Waals surface area contributed by atoms with Gasteiger partial charge in [-0.2, -0.15) is 4.98 Å². The van der Waals surface area contributed by atoms with Crippen molar-refractivity contribution in [2.45, 2.75) is 19.8 Å². The van der Waals surface area contributed by atoms with E-state index >= 15 is 0 Å². The van der Waals surface area contributed by atoms with Gasteiger partial charge in [-0.3, -0.25) is 0 Å². The van der Waals surface area contributed by atoms with Crippen LogP contribution in [0.25, 0.3) is 10.2 Å². The van der Waals surface area contributed by atoms with E-state index in [1.807, 2.05) is 7.05 Å². The third-order valence-corrected chi connectivity index (χ3v) is 4.17. The summed E-state index contributed by atoms with van der Waals surface area (Å²) in [6, 6.07) is 2.17. The molecule has 0 saturated carbocycles. The Kier molecular flexibility index (Phi) is 4.55. The summed E-state index contributed by atoms with van der Waals surface area (Å²) in [5, 5.41) is 1.09. The van der Waals surface area contributed by atoms with Gasteiger partial charge in [0, 0.05) is 32.2 Å². The van der Waals surface area contributed by atoms with Crippen molar-refractivity contribution in [1.82, 2.24) is 9.97 Å². The number of aromatic nitrogens is 2. The number of hydrogen-bond acceptors (Lipinski definition) is 6. The topological polar surface area (TPSA) is 64.3 Å². The molecule has 0 saturated heterocycles. The lowest BCUT2D eigenvalue weighted by Gasteiger charge is -2.18. The van der Waals surface area contributed by atoms with Gasteiger partial charge in [-0.15, -0.1) is 11.3 Å². The van der Waals surface area contributed by atoms with Gasteiger partial charge in [-0.05, 0) is 18.9 Å². The number of aryl methyl sites for hydroxylation is 1. The molecule has 0 bridgehead atoms. The van der Waals surface area contributed by atoms with E-state index < -0.39 is 0 Å². The van der Waals surface area contributed by atoms with E-state index in [0.29, 0.717) is 5.95 Å². The molecule has 0 unspecified atom stereocenters. The summed E-state index contributed by atoms with van der Waals surface area (Å²) in [7, 11) is 3.74. The second-order valence-electron chi connectivity index (χ2n) is 4.46. The Bertz CT molecular complexity index is 555. The minimum Gasteiger partial charge on any atom is -0.385 e. The second-order valence-corrected chi connectivity index (χ2v) is 5.57. The first-order valence-corrected chi connectivity index (χ1v) is 7.23. The monoisotopic (exact) mass is 280 g/mol. The maximum absolute atomic E-state index is 5.80. The number of ether oxygens (including phenoxy) is 1. The summed E-state index contributed by atoms with van der Waals surface area (Å²) in [6.07, 6.45) is 1.97. The Labute approximate surface area is 117 Å². The van der Waals surface area contributed by atoms with Crippen molar-refractivity contribution in [3.8, 4) is 0 Å². The van der Waals surface area contributed by atoms with Crippen molar-refractivity contribution < 1.29 is 4.74 Å². The van der Waals surface area contributed by atoms with Gasteiger partial charge >= 0.3 is 0 Å². The fourth-order valence-corrected chi connectivity index (χ4v) is 2.96. The number of methoxy groups -OCH3 is 1. The number of rotatable bonds is 6. The zero-order valence-corrected chi connectivity index (χ0v) is 12.5. The van der Waals surface area contributed by atoms with Crippen molar-refractivity contribution >= 4 is 33.3 Å². The predicted molar refractivity (Wildman–Crippen MR) is 81.0 cm³/mol. The van der Waals surface area contributed by atoms with Crippen LogP contribution in [-0.4, -0.2) is 37.3 Å². The van der Waals surface area contributed by atoms with Gasteiger partial charge in [0.1, 0.15) is 10.6 Å². The van der Waals surface area contributed by atoms with Crippen molar-refractivity contribution in [1.29, 1.82) is 0 Å². The van der Waals surface area contributed by atoms with Gasteiger partial charge in [-0.1, -0.05) is 6.92 Å². The number of nitrogen functional groups attached to an aromatic ring is 1. The molecule has 2 aromatic rings. The van der Waals surface area contributed by atoms with Crippen molar-refractivity contribution in [2.75, 3.05) is 37.9 Å². The molecule has 104 valence electrons. The maximum Gasteiger partial charge on any atom is 0.223 e. The van der Waals surface area contributed by atoms with Crippen molar-refractivity contribution in [2.24, 2.45) is 0 Å². The number of nitrogens with zero attached hydrogens (tertiary/aromatic N) is 3. The maximum atomic E-state index is 5.80. The standard InChI is InChI=1S/C13H20N4OS/c1-4-9-8-10-11(17(2)6-5-7-18-3)15-13(14)16-12(10)19-9/h8H,4-7H2,1-3H3,(H2,14,15,16). The third-order valence-electron chi connectivity index (χ3n) is 2.99. The van der Waals surface area contributed by atoms with Gasteiger partial charge in [0.15, 0.2) is 0 Å². The lowest BCUT2D eigenvalue weighted by Crippen LogP contribution is -2.21. The van der Waals surface area contributed by atoms with Crippen LogP contribution in [0, 0.1) is 0 Å². The molecule has 19 heavy (non-hydrogen) atoms. The molecule has 0 radical (unpaired) electrons. The summed E-state index contributed by atoms with van der Waals surface area (Å²) in [4.78, 5) is 13.1. The highest BCUT2D eigenvalue weighted by atomic mass is 32.1. The third kappa shape index (κ3) is 3.13. The minimum atomic E-state index is 0.339. The summed E-state index contributed by atoms with van der Waals surface area (Å²) in [5.74, 6) is 1.25. The first kappa shape index (κ1) is 14.0. The molecule has 2 heterocycles. The Balaban J connectivity index is 2.32. The molecule has 0 fully saturated rings. The van der Waals surface area contributed by atoms with Crippen LogP contribution in [0.5, 0.6) is 0 Å². The second kappa shape index (κ2) is 6.16. The highest BCUT2D eigenvalue weighted by Gasteiger charge is 2.13. The minimum absolute atomic E-state index is 0.339. The van der Waals surface area contributed by atoms with Crippen LogP contribution in [0.2, 0.25) is 0 Å². The average Bonchev–Trinajstić information content (AvgIpc) is 2.80. The first-order chi connectivity index (χ1) is 9.15. The van der Waals surface area contributed by atoms with Crippen LogP contribution in [0.3, 0.4) is 0 Å². The van der Waals surface area contributed by atoms with Gasteiger partial charge in [0.05, 0.1) is 5.39 Å². The summed E-state index contributed by atoms with van der Waals surface area (Å²) in [6.45, 7) is 3.78. The van der Waals surface area contributed by atoms with Crippen molar-refractivity contribution in [3.05, 3.63) is 10.9 Å². The molecule has 0 aromatic carbocycles. The summed E-state index contributed by atoms with van der Waals surface area (Å²) in [5.41, 5.74) is 5.80. The van der Waals surface area contributed by atoms with E-state index in [1.54, 1.807) is 18.4 Å². The molecular formula is C13H20N4OS. The molecule has 0 spiro atoms. The molecule has 2 rings (SSSR count). The molecule has 5 nitrogen and oxygen atoms in total. The Hall–Kier alpha value is -1.40. The Morgan fingerprint density at radius 2 is 2.21 bits per heavy atom. The van der Waals surface area contributed by atoms with Crippen LogP contribution in [-0.2, 0) is 11.2 Å².